The van der Waals surface area contributed by atoms with E-state index < -0.39 is 45.9 Å². The van der Waals surface area contributed by atoms with E-state index >= 15 is 0 Å². The summed E-state index contributed by atoms with van der Waals surface area (Å²) in [6, 6.07) is 9.13. The van der Waals surface area contributed by atoms with Crippen LogP contribution in [0.4, 0.5) is 0 Å². The Bertz CT molecular complexity index is 1680. The number of hydrogen-bond acceptors (Lipinski definition) is 6. The van der Waals surface area contributed by atoms with Crippen molar-refractivity contribution in [1.82, 2.24) is 9.21 Å². The highest BCUT2D eigenvalue weighted by atomic mass is 32.2. The molecule has 6 aliphatic heterocycles. The summed E-state index contributed by atoms with van der Waals surface area (Å²) in [6.07, 6.45) is -0.0840. The van der Waals surface area contributed by atoms with Gasteiger partial charge in [0.15, 0.2) is 0 Å². The number of aliphatic hydroxyl groups is 2. The second-order valence-electron chi connectivity index (χ2n) is 13.8. The molecular formula is C32H42N4O7S+2. The van der Waals surface area contributed by atoms with Crippen LogP contribution in [0.3, 0.4) is 0 Å². The first kappa shape index (κ1) is 29.8. The average molecular weight is 627 g/mol. The van der Waals surface area contributed by atoms with Crippen LogP contribution in [0.15, 0.2) is 46.5 Å². The van der Waals surface area contributed by atoms with Crippen molar-refractivity contribution in [3.8, 4) is 0 Å². The molecule has 0 unspecified atom stereocenters. The predicted octanol–water partition coefficient (Wildman–Crippen LogP) is 1.08. The molecule has 0 spiro atoms. The van der Waals surface area contributed by atoms with E-state index in [9.17, 15) is 33.3 Å². The lowest BCUT2D eigenvalue weighted by molar-refractivity contribution is -1.09. The summed E-state index contributed by atoms with van der Waals surface area (Å²) in [4.78, 5) is 26.6. The van der Waals surface area contributed by atoms with Gasteiger partial charge in [0, 0.05) is 43.0 Å². The molecule has 4 atom stereocenters. The summed E-state index contributed by atoms with van der Waals surface area (Å²) < 4.78 is 31.7. The van der Waals surface area contributed by atoms with Crippen molar-refractivity contribution in [2.75, 3.05) is 59.0 Å². The van der Waals surface area contributed by atoms with Crippen molar-refractivity contribution in [2.45, 2.75) is 50.4 Å². The molecule has 2 aromatic rings. The molecule has 0 aliphatic carbocycles. The maximum atomic E-state index is 14.1. The fraction of sp³-hybridized carbons (Fsp3) is 0.562. The molecule has 2 bridgehead atoms. The van der Waals surface area contributed by atoms with Crippen LogP contribution in [-0.4, -0.2) is 125 Å². The Kier molecular flexibility index (Phi) is 7.00. The van der Waals surface area contributed by atoms with Crippen molar-refractivity contribution in [1.29, 1.82) is 0 Å². The Morgan fingerprint density at radius 1 is 1.07 bits per heavy atom. The predicted molar refractivity (Wildman–Crippen MR) is 161 cm³/mol. The van der Waals surface area contributed by atoms with E-state index in [-0.39, 0.29) is 30.3 Å². The van der Waals surface area contributed by atoms with Crippen molar-refractivity contribution >= 4 is 32.7 Å². The van der Waals surface area contributed by atoms with Crippen molar-refractivity contribution in [3.05, 3.63) is 52.7 Å². The molecule has 0 radical (unpaired) electrons. The molecule has 44 heavy (non-hydrogen) atoms. The third-order valence-electron chi connectivity index (χ3n) is 11.5. The first-order chi connectivity index (χ1) is 20.9. The van der Waals surface area contributed by atoms with Crippen molar-refractivity contribution in [2.24, 2.45) is 11.8 Å². The number of piperazine rings is 3. The van der Waals surface area contributed by atoms with Gasteiger partial charge < -0.3 is 29.2 Å². The molecule has 6 aliphatic rings. The number of aliphatic hydroxyl groups excluding tert-OH is 2. The molecular weight excluding hydrogens is 584 g/mol. The minimum atomic E-state index is -3.96. The first-order valence-corrected chi connectivity index (χ1v) is 17.2. The number of fused-ring (bicyclic) bond motifs is 4. The van der Waals surface area contributed by atoms with Gasteiger partial charge in [-0.1, -0.05) is 31.2 Å². The molecule has 236 valence electrons. The lowest BCUT2D eigenvalue weighted by Gasteiger charge is -2.55. The molecule has 4 saturated heterocycles. The number of aliphatic carboxylic acids is 1. The zero-order chi connectivity index (χ0) is 31.2. The summed E-state index contributed by atoms with van der Waals surface area (Å²) in [7, 11) is -3.96. The smallest absolute Gasteiger partial charge is 0.352 e. The summed E-state index contributed by atoms with van der Waals surface area (Å²) in [5, 5.41) is 31.3. The van der Waals surface area contributed by atoms with E-state index in [0.29, 0.717) is 5.57 Å². The van der Waals surface area contributed by atoms with Gasteiger partial charge in [0.1, 0.15) is 51.5 Å². The monoisotopic (exact) mass is 626 g/mol. The second-order valence-corrected chi connectivity index (χ2v) is 15.7. The van der Waals surface area contributed by atoms with Gasteiger partial charge in [-0.25, -0.2) is 13.2 Å². The fourth-order valence-corrected chi connectivity index (χ4v) is 10.5. The number of rotatable bonds is 9. The fourth-order valence-electron chi connectivity index (χ4n) is 8.87. The highest BCUT2D eigenvalue weighted by Gasteiger charge is 2.60. The van der Waals surface area contributed by atoms with Crippen LogP contribution >= 0.6 is 0 Å². The largest absolute Gasteiger partial charge is 0.477 e. The molecule has 1 amide bonds. The van der Waals surface area contributed by atoms with Gasteiger partial charge in [-0.05, 0) is 29.5 Å². The zero-order valence-electron chi connectivity index (χ0n) is 25.4. The van der Waals surface area contributed by atoms with E-state index in [1.54, 1.807) is 6.07 Å². The molecule has 6 heterocycles. The van der Waals surface area contributed by atoms with Crippen molar-refractivity contribution < 1.29 is 42.3 Å². The molecule has 3 N–H and O–H groups in total. The highest BCUT2D eigenvalue weighted by Crippen LogP contribution is 2.48. The summed E-state index contributed by atoms with van der Waals surface area (Å²) in [5.41, 5.74) is 2.28. The number of hydrogen-bond donors (Lipinski definition) is 3. The van der Waals surface area contributed by atoms with E-state index in [4.69, 9.17) is 0 Å². The van der Waals surface area contributed by atoms with Crippen LogP contribution in [0.25, 0.3) is 10.8 Å². The summed E-state index contributed by atoms with van der Waals surface area (Å²) >= 11 is 0. The summed E-state index contributed by atoms with van der Waals surface area (Å²) in [6.45, 7) is 12.0. The zero-order valence-corrected chi connectivity index (χ0v) is 26.2. The number of carbonyl (C=O) groups excluding carboxylic acids is 1. The van der Waals surface area contributed by atoms with Crippen LogP contribution in [-0.2, 0) is 32.7 Å². The third-order valence-corrected chi connectivity index (χ3v) is 13.3. The third kappa shape index (κ3) is 4.29. The van der Waals surface area contributed by atoms with Gasteiger partial charge in [-0.15, -0.1) is 0 Å². The van der Waals surface area contributed by atoms with E-state index in [1.165, 1.54) is 16.1 Å². The summed E-state index contributed by atoms with van der Waals surface area (Å²) in [5.74, 6) is -2.81. The molecule has 2 aromatic carbocycles. The number of carboxylic acids is 1. The van der Waals surface area contributed by atoms with Crippen LogP contribution < -0.4 is 0 Å². The quantitative estimate of drug-likeness (QED) is 0.280. The lowest BCUT2D eigenvalue weighted by Crippen LogP contribution is -2.74. The van der Waals surface area contributed by atoms with Gasteiger partial charge in [0.2, 0.25) is 15.9 Å². The standard InChI is InChI=1S/C32H41N4O7S/c1-20-25(30(32(40)41)34-29(20)27(21(2)38)31(34)39)18-33-17-22-5-3-6-24-23(7-8-26(28(22)24)44(33,42)43)19-36-13-10-35(11-14-36,12-15-36)9-4-16-37/h3,5-8,20-21,27,29,37-38H,4,9-19H2,1-2H3/q+1/p+1/t20-,21+,27+,29+,35?,36?/m0/s1. The van der Waals surface area contributed by atoms with Gasteiger partial charge >= 0.3 is 5.97 Å². The van der Waals surface area contributed by atoms with Gasteiger partial charge in [0.05, 0.1) is 29.5 Å². The number of sulfonamides is 1. The number of amides is 1. The van der Waals surface area contributed by atoms with Crippen LogP contribution in [0.1, 0.15) is 31.4 Å². The minimum Gasteiger partial charge on any atom is -0.477 e. The molecule has 0 saturated carbocycles. The van der Waals surface area contributed by atoms with Crippen molar-refractivity contribution in [3.63, 3.8) is 0 Å². The Labute approximate surface area is 257 Å². The number of β-lactam (4-membered cyclic amide) rings is 1. The SMILES string of the molecule is C[C@@H](O)[C@H]1C(=O)N2C(C(=O)O)=C(CN3Cc4cccc5c(C[N+]67CC[N+](CCCO)(CC6)CC7)ccc(c45)S3(=O)=O)[C@H](C)[C@H]12. The Balaban J connectivity index is 1.18. The molecule has 8 rings (SSSR count). The molecule has 4 fully saturated rings. The molecule has 12 heteroatoms. The van der Waals surface area contributed by atoms with Gasteiger partial charge in [0.25, 0.3) is 0 Å². The maximum Gasteiger partial charge on any atom is 0.352 e. The van der Waals surface area contributed by atoms with Crippen LogP contribution in [0, 0.1) is 11.8 Å². The number of quaternary nitrogens is 2. The maximum absolute atomic E-state index is 14.1. The van der Waals surface area contributed by atoms with E-state index in [1.807, 2.05) is 31.2 Å². The Morgan fingerprint density at radius 3 is 2.39 bits per heavy atom. The Morgan fingerprint density at radius 2 is 1.75 bits per heavy atom. The second kappa shape index (κ2) is 10.3. The van der Waals surface area contributed by atoms with Gasteiger partial charge in [-0.3, -0.25) is 4.79 Å². The van der Waals surface area contributed by atoms with Gasteiger partial charge in [-0.2, -0.15) is 4.31 Å². The van der Waals surface area contributed by atoms with E-state index in [2.05, 4.69) is 0 Å². The first-order valence-electron chi connectivity index (χ1n) is 15.7. The normalized spacial score (nSPS) is 33.0. The topological polar surface area (TPSA) is 135 Å². The molecule has 0 aromatic heterocycles. The molecule has 11 nitrogen and oxygen atoms in total. The van der Waals surface area contributed by atoms with Crippen LogP contribution in [0.5, 0.6) is 0 Å². The number of benzene rings is 2. The minimum absolute atomic E-state index is 0.114. The lowest BCUT2D eigenvalue weighted by atomic mass is 9.78. The number of nitrogens with zero attached hydrogens (tertiary/aromatic N) is 4. The average Bonchev–Trinajstić information content (AvgIpc) is 3.24. The van der Waals surface area contributed by atoms with E-state index in [0.717, 1.165) is 89.6 Å². The number of carbonyl (C=O) groups is 2. The Hall–Kier alpha value is -2.87. The highest BCUT2D eigenvalue weighted by molar-refractivity contribution is 7.89. The van der Waals surface area contributed by atoms with Crippen LogP contribution in [0.2, 0.25) is 0 Å². The number of carboxylic acid groups (broad SMARTS) is 1.